The Morgan fingerprint density at radius 1 is 1.50 bits per heavy atom. The van der Waals surface area contributed by atoms with Crippen LogP contribution in [0.3, 0.4) is 0 Å². The summed E-state index contributed by atoms with van der Waals surface area (Å²) in [5.41, 5.74) is 1.64. The number of hydrogen-bond acceptors (Lipinski definition) is 4. The second-order valence-electron chi connectivity index (χ2n) is 6.54. The topological polar surface area (TPSA) is 65.5 Å². The molecular weight excluding hydrogens is 278 g/mol. The molecule has 2 fully saturated rings. The molecule has 0 aliphatic carbocycles. The summed E-state index contributed by atoms with van der Waals surface area (Å²) in [6, 6.07) is 4.18. The van der Waals surface area contributed by atoms with Crippen molar-refractivity contribution in [1.29, 1.82) is 0 Å². The molecule has 0 radical (unpaired) electrons. The normalized spacial score (nSPS) is 29.5. The fourth-order valence-corrected chi connectivity index (χ4v) is 3.65. The summed E-state index contributed by atoms with van der Waals surface area (Å²) < 4.78 is 0. The van der Waals surface area contributed by atoms with Gasteiger partial charge in [-0.3, -0.25) is 14.7 Å². The summed E-state index contributed by atoms with van der Waals surface area (Å²) in [5, 5.41) is 13.3. The van der Waals surface area contributed by atoms with E-state index in [4.69, 9.17) is 0 Å². The lowest BCUT2D eigenvalue weighted by molar-refractivity contribution is -0.149. The van der Waals surface area contributed by atoms with Crippen LogP contribution in [0.5, 0.6) is 0 Å². The number of piperidine rings is 2. The maximum Gasteiger partial charge on any atom is 0.230 e. The van der Waals surface area contributed by atoms with Crippen LogP contribution in [0.15, 0.2) is 18.3 Å². The molecule has 2 aliphatic rings. The molecule has 3 heterocycles. The van der Waals surface area contributed by atoms with Gasteiger partial charge in [0.05, 0.1) is 17.2 Å². The first-order valence-electron chi connectivity index (χ1n) is 8.26. The SMILES string of the molecule is CCc1ccc(CN2CC[C@@H](O)[C@@]3(CCCNC3=O)C2)nc1. The standard InChI is InChI=1S/C17H25N3O2/c1-2-13-4-5-14(19-10-13)11-20-9-6-15(21)17(12-20)7-3-8-18-16(17)22/h4-5,10,15,21H,2-3,6-9,11-12H2,1H3,(H,18,22)/t15-,17-/m1/s1. The fraction of sp³-hybridized carbons (Fsp3) is 0.647. The highest BCUT2D eigenvalue weighted by Crippen LogP contribution is 2.37. The minimum atomic E-state index is -0.625. The molecule has 2 N–H and O–H groups in total. The molecule has 2 aliphatic heterocycles. The predicted octanol–water partition coefficient (Wildman–Crippen LogP) is 1.11. The minimum absolute atomic E-state index is 0.0187. The molecule has 5 heteroatoms. The number of carbonyl (C=O) groups excluding carboxylic acids is 1. The van der Waals surface area contributed by atoms with Gasteiger partial charge in [0.2, 0.25) is 5.91 Å². The van der Waals surface area contributed by atoms with Crippen LogP contribution in [0.1, 0.15) is 37.4 Å². The van der Waals surface area contributed by atoms with Crippen molar-refractivity contribution in [3.8, 4) is 0 Å². The van der Waals surface area contributed by atoms with Crippen molar-refractivity contribution in [3.63, 3.8) is 0 Å². The zero-order valence-electron chi connectivity index (χ0n) is 13.2. The van der Waals surface area contributed by atoms with Gasteiger partial charge in [0.25, 0.3) is 0 Å². The Morgan fingerprint density at radius 2 is 2.36 bits per heavy atom. The summed E-state index contributed by atoms with van der Waals surface area (Å²) in [5.74, 6) is 0.0187. The highest BCUT2D eigenvalue weighted by Gasteiger charge is 2.49. The lowest BCUT2D eigenvalue weighted by Crippen LogP contribution is -2.61. The Bertz CT molecular complexity index is 531. The number of likely N-dealkylation sites (tertiary alicyclic amines) is 1. The summed E-state index contributed by atoms with van der Waals surface area (Å²) in [6.07, 6.45) is 4.77. The third kappa shape index (κ3) is 2.88. The van der Waals surface area contributed by atoms with Crippen molar-refractivity contribution in [1.82, 2.24) is 15.2 Å². The molecular formula is C17H25N3O2. The van der Waals surface area contributed by atoms with Crippen molar-refractivity contribution in [3.05, 3.63) is 29.6 Å². The number of aliphatic hydroxyl groups excluding tert-OH is 1. The summed E-state index contributed by atoms with van der Waals surface area (Å²) in [6.45, 7) is 5.03. The van der Waals surface area contributed by atoms with E-state index in [1.54, 1.807) is 0 Å². The van der Waals surface area contributed by atoms with E-state index in [1.807, 2.05) is 6.20 Å². The second kappa shape index (κ2) is 6.34. The van der Waals surface area contributed by atoms with Crippen LogP contribution in [0.25, 0.3) is 0 Å². The zero-order chi connectivity index (χ0) is 15.6. The number of pyridine rings is 1. The van der Waals surface area contributed by atoms with Crippen molar-refractivity contribution in [2.24, 2.45) is 5.41 Å². The molecule has 1 spiro atoms. The first kappa shape index (κ1) is 15.4. The lowest BCUT2D eigenvalue weighted by atomic mass is 9.71. The first-order valence-corrected chi connectivity index (χ1v) is 8.26. The molecule has 3 rings (SSSR count). The molecule has 1 amide bonds. The average molecular weight is 303 g/mol. The molecule has 5 nitrogen and oxygen atoms in total. The van der Waals surface area contributed by atoms with Gasteiger partial charge < -0.3 is 10.4 Å². The zero-order valence-corrected chi connectivity index (χ0v) is 13.2. The fourth-order valence-electron chi connectivity index (χ4n) is 3.65. The van der Waals surface area contributed by atoms with Gasteiger partial charge >= 0.3 is 0 Å². The van der Waals surface area contributed by atoms with Gasteiger partial charge in [0.15, 0.2) is 0 Å². The van der Waals surface area contributed by atoms with Crippen molar-refractivity contribution < 1.29 is 9.90 Å². The van der Waals surface area contributed by atoms with Crippen LogP contribution in [0.2, 0.25) is 0 Å². The number of aliphatic hydroxyl groups is 1. The summed E-state index contributed by atoms with van der Waals surface area (Å²) >= 11 is 0. The van der Waals surface area contributed by atoms with Gasteiger partial charge in [-0.05, 0) is 37.3 Å². The van der Waals surface area contributed by atoms with Crippen molar-refractivity contribution in [2.75, 3.05) is 19.6 Å². The van der Waals surface area contributed by atoms with E-state index >= 15 is 0 Å². The van der Waals surface area contributed by atoms with Crippen LogP contribution in [-0.4, -0.2) is 46.6 Å². The Labute approximate surface area is 131 Å². The Kier molecular flexibility index (Phi) is 4.45. The smallest absolute Gasteiger partial charge is 0.230 e. The average Bonchev–Trinajstić information content (AvgIpc) is 2.54. The minimum Gasteiger partial charge on any atom is -0.392 e. The highest BCUT2D eigenvalue weighted by atomic mass is 16.3. The van der Waals surface area contributed by atoms with Crippen LogP contribution in [0, 0.1) is 5.41 Å². The third-order valence-electron chi connectivity index (χ3n) is 5.08. The summed E-state index contributed by atoms with van der Waals surface area (Å²) in [4.78, 5) is 19.1. The van der Waals surface area contributed by atoms with E-state index in [0.29, 0.717) is 13.0 Å². The number of rotatable bonds is 3. The van der Waals surface area contributed by atoms with E-state index < -0.39 is 11.5 Å². The second-order valence-corrected chi connectivity index (χ2v) is 6.54. The van der Waals surface area contributed by atoms with E-state index in [1.165, 1.54) is 5.56 Å². The Morgan fingerprint density at radius 3 is 3.05 bits per heavy atom. The van der Waals surface area contributed by atoms with Crippen molar-refractivity contribution in [2.45, 2.75) is 45.3 Å². The number of amides is 1. The summed E-state index contributed by atoms with van der Waals surface area (Å²) in [7, 11) is 0. The van der Waals surface area contributed by atoms with Crippen molar-refractivity contribution >= 4 is 5.91 Å². The van der Waals surface area contributed by atoms with E-state index in [2.05, 4.69) is 34.3 Å². The van der Waals surface area contributed by atoms with Gasteiger partial charge in [-0.25, -0.2) is 0 Å². The molecule has 22 heavy (non-hydrogen) atoms. The van der Waals surface area contributed by atoms with Gasteiger partial charge in [-0.15, -0.1) is 0 Å². The molecule has 120 valence electrons. The molecule has 2 atom stereocenters. The van der Waals surface area contributed by atoms with Crippen LogP contribution in [0.4, 0.5) is 0 Å². The molecule has 0 aromatic carbocycles. The van der Waals surface area contributed by atoms with E-state index in [9.17, 15) is 9.90 Å². The predicted molar refractivity (Wildman–Crippen MR) is 84.2 cm³/mol. The highest BCUT2D eigenvalue weighted by molar-refractivity contribution is 5.84. The monoisotopic (exact) mass is 303 g/mol. The number of hydrogen-bond donors (Lipinski definition) is 2. The quantitative estimate of drug-likeness (QED) is 0.878. The number of nitrogens with zero attached hydrogens (tertiary/aromatic N) is 2. The number of nitrogens with one attached hydrogen (secondary N) is 1. The van der Waals surface area contributed by atoms with E-state index in [0.717, 1.165) is 44.6 Å². The third-order valence-corrected chi connectivity index (χ3v) is 5.08. The number of carbonyl (C=O) groups is 1. The maximum absolute atomic E-state index is 12.3. The Balaban J connectivity index is 1.71. The van der Waals surface area contributed by atoms with Gasteiger partial charge in [0, 0.05) is 32.4 Å². The molecule has 0 bridgehead atoms. The maximum atomic E-state index is 12.3. The van der Waals surface area contributed by atoms with Crippen LogP contribution < -0.4 is 5.32 Å². The molecule has 1 aromatic heterocycles. The van der Waals surface area contributed by atoms with Gasteiger partial charge in [0.1, 0.15) is 0 Å². The van der Waals surface area contributed by atoms with Gasteiger partial charge in [-0.1, -0.05) is 13.0 Å². The van der Waals surface area contributed by atoms with Crippen LogP contribution in [-0.2, 0) is 17.8 Å². The molecule has 0 unspecified atom stereocenters. The van der Waals surface area contributed by atoms with Gasteiger partial charge in [-0.2, -0.15) is 0 Å². The van der Waals surface area contributed by atoms with E-state index in [-0.39, 0.29) is 5.91 Å². The molecule has 2 saturated heterocycles. The Hall–Kier alpha value is -1.46. The van der Waals surface area contributed by atoms with Crippen LogP contribution >= 0.6 is 0 Å². The first-order chi connectivity index (χ1) is 10.6. The number of aromatic nitrogens is 1. The molecule has 1 aromatic rings. The lowest BCUT2D eigenvalue weighted by Gasteiger charge is -2.46. The number of aryl methyl sites for hydroxylation is 1. The molecule has 0 saturated carbocycles. The largest absolute Gasteiger partial charge is 0.392 e.